The van der Waals surface area contributed by atoms with Crippen molar-refractivity contribution in [2.45, 2.75) is 23.7 Å². The van der Waals surface area contributed by atoms with Crippen LogP contribution >= 0.6 is 11.8 Å². The van der Waals surface area contributed by atoms with Gasteiger partial charge < -0.3 is 26.4 Å². The van der Waals surface area contributed by atoms with E-state index in [0.717, 1.165) is 10.5 Å². The van der Waals surface area contributed by atoms with Gasteiger partial charge in [0.1, 0.15) is 18.1 Å². The third kappa shape index (κ3) is 10.2. The molecule has 5 aromatic carbocycles. The van der Waals surface area contributed by atoms with Gasteiger partial charge in [0.25, 0.3) is 11.8 Å². The van der Waals surface area contributed by atoms with Crippen molar-refractivity contribution in [1.29, 1.82) is 0 Å². The Balaban J connectivity index is 1.23. The summed E-state index contributed by atoms with van der Waals surface area (Å²) in [4.78, 5) is 51.4. The number of nitrogens with one attached hydrogen (secondary N) is 3. The topological polar surface area (TPSA) is 140 Å². The Hall–Kier alpha value is -6.13. The smallest absolute Gasteiger partial charge is 0.272 e. The summed E-state index contributed by atoms with van der Waals surface area (Å²) in [6.45, 7) is 2.20. The summed E-state index contributed by atoms with van der Waals surface area (Å²) in [6, 6.07) is 39.1. The highest BCUT2D eigenvalue weighted by atomic mass is 32.2. The lowest BCUT2D eigenvalue weighted by Crippen LogP contribution is -2.30. The van der Waals surface area contributed by atoms with Crippen LogP contribution in [0.5, 0.6) is 5.75 Å². The summed E-state index contributed by atoms with van der Waals surface area (Å²) in [6.07, 6.45) is 1.60. The Morgan fingerprint density at radius 1 is 0.714 bits per heavy atom. The molecule has 0 aliphatic rings. The zero-order valence-electron chi connectivity index (χ0n) is 26.6. The van der Waals surface area contributed by atoms with E-state index in [9.17, 15) is 19.2 Å². The van der Waals surface area contributed by atoms with Crippen LogP contribution in [0, 0.1) is 0 Å². The Bertz CT molecular complexity index is 1930. The van der Waals surface area contributed by atoms with E-state index in [0.29, 0.717) is 40.4 Å². The predicted molar refractivity (Wildman–Crippen MR) is 193 cm³/mol. The van der Waals surface area contributed by atoms with Crippen LogP contribution in [0.4, 0.5) is 11.4 Å². The molecule has 4 amide bonds. The number of ether oxygens (including phenoxy) is 1. The van der Waals surface area contributed by atoms with Crippen LogP contribution in [-0.4, -0.2) is 28.9 Å². The van der Waals surface area contributed by atoms with Crippen LogP contribution in [0.3, 0.4) is 0 Å². The number of hydrogen-bond acceptors (Lipinski definition) is 6. The minimum atomic E-state index is -0.541. The van der Waals surface area contributed by atoms with E-state index >= 15 is 0 Å². The van der Waals surface area contributed by atoms with Crippen molar-refractivity contribution in [3.63, 3.8) is 0 Å². The standard InChI is InChI=1S/C39H34N4O5S/c1-26(37(45)41-31-16-14-29(15-17-31)36(40)44)49-34-22-18-32(19-23-34)42-39(47)35(43-38(46)30-10-6-3-7-11-30)24-27-12-20-33(21-13-27)48-25-28-8-4-2-5-9-28/h2-24,26H,25H2,1H3,(H2,40,44)(H,41,45)(H,42,47)(H,43,46)/b35-24-. The number of primary amides is 1. The highest BCUT2D eigenvalue weighted by Crippen LogP contribution is 2.26. The summed E-state index contributed by atoms with van der Waals surface area (Å²) in [5.74, 6) is -1.02. The molecule has 9 nitrogen and oxygen atoms in total. The van der Waals surface area contributed by atoms with Crippen molar-refractivity contribution in [1.82, 2.24) is 5.32 Å². The molecule has 0 spiro atoms. The second-order valence-electron chi connectivity index (χ2n) is 10.9. The summed E-state index contributed by atoms with van der Waals surface area (Å²) < 4.78 is 5.88. The molecule has 0 aromatic heterocycles. The molecule has 0 aliphatic carbocycles. The maximum Gasteiger partial charge on any atom is 0.272 e. The van der Waals surface area contributed by atoms with Gasteiger partial charge in [-0.05, 0) is 96.9 Å². The lowest BCUT2D eigenvalue weighted by atomic mass is 10.1. The van der Waals surface area contributed by atoms with Gasteiger partial charge in [0.2, 0.25) is 11.8 Å². The molecule has 1 atom stereocenters. The second kappa shape index (κ2) is 16.6. The van der Waals surface area contributed by atoms with Crippen molar-refractivity contribution in [3.05, 3.63) is 161 Å². The number of anilines is 2. The first kappa shape index (κ1) is 34.2. The highest BCUT2D eigenvalue weighted by molar-refractivity contribution is 8.00. The van der Waals surface area contributed by atoms with E-state index in [1.807, 2.05) is 48.5 Å². The van der Waals surface area contributed by atoms with Crippen molar-refractivity contribution < 1.29 is 23.9 Å². The fourth-order valence-corrected chi connectivity index (χ4v) is 5.41. The first-order valence-corrected chi connectivity index (χ1v) is 16.2. The number of thioether (sulfide) groups is 1. The van der Waals surface area contributed by atoms with E-state index in [2.05, 4.69) is 16.0 Å². The maximum absolute atomic E-state index is 13.5. The molecule has 0 aliphatic heterocycles. The van der Waals surface area contributed by atoms with Crippen LogP contribution in [0.15, 0.2) is 144 Å². The number of benzene rings is 5. The monoisotopic (exact) mass is 670 g/mol. The Morgan fingerprint density at radius 2 is 1.31 bits per heavy atom. The zero-order valence-corrected chi connectivity index (χ0v) is 27.4. The molecular formula is C39H34N4O5S. The minimum Gasteiger partial charge on any atom is -0.489 e. The molecule has 0 bridgehead atoms. The van der Waals surface area contributed by atoms with Gasteiger partial charge in [0.05, 0.1) is 5.25 Å². The van der Waals surface area contributed by atoms with Gasteiger partial charge in [-0.15, -0.1) is 11.8 Å². The average Bonchev–Trinajstić information content (AvgIpc) is 3.12. The number of amides is 4. The van der Waals surface area contributed by atoms with Gasteiger partial charge >= 0.3 is 0 Å². The third-order valence-electron chi connectivity index (χ3n) is 7.20. The molecule has 5 N–H and O–H groups in total. The van der Waals surface area contributed by atoms with Crippen molar-refractivity contribution in [2.75, 3.05) is 10.6 Å². The Morgan fingerprint density at radius 3 is 1.94 bits per heavy atom. The van der Waals surface area contributed by atoms with Gasteiger partial charge in [-0.25, -0.2) is 0 Å². The molecule has 5 rings (SSSR count). The number of hydrogen-bond donors (Lipinski definition) is 4. The van der Waals surface area contributed by atoms with E-state index < -0.39 is 23.0 Å². The van der Waals surface area contributed by atoms with Gasteiger partial charge in [0, 0.05) is 27.4 Å². The number of carbonyl (C=O) groups excluding carboxylic acids is 4. The van der Waals surface area contributed by atoms with Crippen LogP contribution in [0.25, 0.3) is 6.08 Å². The van der Waals surface area contributed by atoms with E-state index in [4.69, 9.17) is 10.5 Å². The maximum atomic E-state index is 13.5. The number of carbonyl (C=O) groups is 4. The normalized spacial score (nSPS) is 11.6. The molecule has 0 fully saturated rings. The largest absolute Gasteiger partial charge is 0.489 e. The van der Waals surface area contributed by atoms with Crippen LogP contribution in [0.2, 0.25) is 0 Å². The minimum absolute atomic E-state index is 0.0550. The van der Waals surface area contributed by atoms with Gasteiger partial charge in [-0.2, -0.15) is 0 Å². The van der Waals surface area contributed by atoms with Gasteiger partial charge in [0.15, 0.2) is 0 Å². The summed E-state index contributed by atoms with van der Waals surface area (Å²) in [5.41, 5.74) is 8.89. The zero-order chi connectivity index (χ0) is 34.6. The quantitative estimate of drug-likeness (QED) is 0.0795. The molecule has 0 saturated carbocycles. The second-order valence-corrected chi connectivity index (χ2v) is 12.3. The Kier molecular flexibility index (Phi) is 11.6. The molecule has 0 saturated heterocycles. The molecule has 0 radical (unpaired) electrons. The number of nitrogens with two attached hydrogens (primary N) is 1. The molecule has 10 heteroatoms. The molecule has 1 unspecified atom stereocenters. The third-order valence-corrected chi connectivity index (χ3v) is 8.31. The lowest BCUT2D eigenvalue weighted by Gasteiger charge is -2.14. The van der Waals surface area contributed by atoms with E-state index in [1.165, 1.54) is 11.8 Å². The fourth-order valence-electron chi connectivity index (χ4n) is 4.54. The lowest BCUT2D eigenvalue weighted by molar-refractivity contribution is -0.115. The molecular weight excluding hydrogens is 637 g/mol. The van der Waals surface area contributed by atoms with Crippen LogP contribution in [-0.2, 0) is 16.2 Å². The first-order valence-electron chi connectivity index (χ1n) is 15.4. The van der Waals surface area contributed by atoms with E-state index in [1.54, 1.807) is 97.9 Å². The fraction of sp³-hybridized carbons (Fsp3) is 0.0769. The SMILES string of the molecule is CC(Sc1ccc(NC(=O)/C(=C/c2ccc(OCc3ccccc3)cc2)NC(=O)c2ccccc2)cc1)C(=O)Nc1ccc(C(N)=O)cc1. The summed E-state index contributed by atoms with van der Waals surface area (Å²) in [7, 11) is 0. The van der Waals surface area contributed by atoms with Crippen LogP contribution < -0.4 is 26.4 Å². The molecule has 246 valence electrons. The highest BCUT2D eigenvalue weighted by Gasteiger charge is 2.17. The Labute approximate surface area is 288 Å². The summed E-state index contributed by atoms with van der Waals surface area (Å²) in [5, 5.41) is 7.99. The molecule has 0 heterocycles. The average molecular weight is 671 g/mol. The van der Waals surface area contributed by atoms with E-state index in [-0.39, 0.29) is 11.6 Å². The van der Waals surface area contributed by atoms with Crippen molar-refractivity contribution >= 4 is 52.8 Å². The first-order chi connectivity index (χ1) is 23.7. The van der Waals surface area contributed by atoms with Gasteiger partial charge in [-0.1, -0.05) is 60.7 Å². The van der Waals surface area contributed by atoms with Gasteiger partial charge in [-0.3, -0.25) is 19.2 Å². The van der Waals surface area contributed by atoms with Crippen LogP contribution in [0.1, 0.15) is 38.8 Å². The van der Waals surface area contributed by atoms with Crippen molar-refractivity contribution in [3.8, 4) is 5.75 Å². The predicted octanol–water partition coefficient (Wildman–Crippen LogP) is 6.89. The molecule has 49 heavy (non-hydrogen) atoms. The molecule has 5 aromatic rings. The summed E-state index contributed by atoms with van der Waals surface area (Å²) >= 11 is 1.35. The number of rotatable bonds is 13. The van der Waals surface area contributed by atoms with Crippen molar-refractivity contribution in [2.24, 2.45) is 5.73 Å².